The number of non-ortho nitro benzene ring substituents is 1. The zero-order valence-electron chi connectivity index (χ0n) is 20.3. The molecule has 1 aromatic heterocycles. The molecule has 1 saturated heterocycles. The van der Waals surface area contributed by atoms with Crippen LogP contribution in [0.2, 0.25) is 0 Å². The topological polar surface area (TPSA) is 247 Å². The number of aromatic amines is 1. The molecule has 16 nitrogen and oxygen atoms in total. The maximum atomic E-state index is 12.9. The number of benzene rings is 1. The molecule has 2 amide bonds. The summed E-state index contributed by atoms with van der Waals surface area (Å²) >= 11 is 1.89. The maximum Gasteiger partial charge on any atom is 1.00 e. The number of nitrogens with zero attached hydrogens (tertiary/aromatic N) is 5. The number of aliphatic hydroxyl groups is 1. The van der Waals surface area contributed by atoms with Crippen LogP contribution in [0.4, 0.5) is 5.69 Å². The molecule has 4 rings (SSSR count). The molecular formula is C19H15K2N7O9S2. The number of H-pyrrole nitrogens is 1. The quantitative estimate of drug-likeness (QED) is 0.0728. The number of carbonyl (C=O) groups is 4. The number of nitro groups is 1. The van der Waals surface area contributed by atoms with E-state index in [2.05, 4.69) is 25.9 Å². The number of aromatic nitrogens is 4. The first-order valence-corrected chi connectivity index (χ1v) is 12.2. The van der Waals surface area contributed by atoms with Crippen molar-refractivity contribution in [3.8, 4) is 0 Å². The molecule has 0 bridgehead atoms. The number of fused-ring (bicyclic) bond motifs is 1. The molecule has 39 heavy (non-hydrogen) atoms. The summed E-state index contributed by atoms with van der Waals surface area (Å²) in [7, 11) is 0. The van der Waals surface area contributed by atoms with Crippen LogP contribution in [-0.2, 0) is 19.2 Å². The zero-order chi connectivity index (χ0) is 26.9. The van der Waals surface area contributed by atoms with Crippen LogP contribution in [0.1, 0.15) is 18.1 Å². The Morgan fingerprint density at radius 3 is 2.62 bits per heavy atom. The van der Waals surface area contributed by atoms with E-state index in [-0.39, 0.29) is 131 Å². The summed E-state index contributed by atoms with van der Waals surface area (Å²) in [6.07, 6.45) is -2.44. The Morgan fingerprint density at radius 2 is 2.03 bits per heavy atom. The van der Waals surface area contributed by atoms with E-state index < -0.39 is 63.6 Å². The van der Waals surface area contributed by atoms with Crippen molar-refractivity contribution in [2.75, 3.05) is 5.75 Å². The molecule has 20 heteroatoms. The Morgan fingerprint density at radius 1 is 1.31 bits per heavy atom. The summed E-state index contributed by atoms with van der Waals surface area (Å²) < 4.78 is 0. The molecule has 0 radical (unpaired) electrons. The summed E-state index contributed by atoms with van der Waals surface area (Å²) in [5, 5.41) is 58.0. The van der Waals surface area contributed by atoms with Gasteiger partial charge >= 0.3 is 103 Å². The predicted octanol–water partition coefficient (Wildman–Crippen LogP) is -9.15. The smallest absolute Gasteiger partial charge is 0.550 e. The first kappa shape index (κ1) is 34.4. The summed E-state index contributed by atoms with van der Waals surface area (Å²) in [5.74, 6) is -5.09. The number of carboxylic acid groups (broad SMARTS) is 2. The number of hydrogen-bond donors (Lipinski definition) is 3. The first-order valence-electron chi connectivity index (χ1n) is 10.3. The molecule has 1 aromatic carbocycles. The summed E-state index contributed by atoms with van der Waals surface area (Å²) in [6.45, 7) is 0. The number of β-lactam (4-membered cyclic amide) rings is 1. The number of amides is 2. The number of carbonyl (C=O) groups excluding carboxylic acids is 4. The van der Waals surface area contributed by atoms with E-state index in [1.165, 1.54) is 18.2 Å². The molecule has 194 valence electrons. The van der Waals surface area contributed by atoms with Gasteiger partial charge in [-0.15, -0.1) is 16.9 Å². The van der Waals surface area contributed by atoms with Crippen LogP contribution >= 0.6 is 23.5 Å². The average Bonchev–Trinajstić information content (AvgIpc) is 3.38. The van der Waals surface area contributed by atoms with Crippen molar-refractivity contribution in [3.63, 3.8) is 0 Å². The van der Waals surface area contributed by atoms with E-state index in [0.29, 0.717) is 0 Å². The van der Waals surface area contributed by atoms with Gasteiger partial charge in [-0.1, -0.05) is 23.9 Å². The number of rotatable bonds is 10. The molecule has 3 unspecified atom stereocenters. The van der Waals surface area contributed by atoms with Gasteiger partial charge in [-0.2, -0.15) is 0 Å². The van der Waals surface area contributed by atoms with Crippen molar-refractivity contribution in [3.05, 3.63) is 51.2 Å². The van der Waals surface area contributed by atoms with Gasteiger partial charge in [0.25, 0.3) is 17.5 Å². The predicted molar refractivity (Wildman–Crippen MR) is 119 cm³/mol. The van der Waals surface area contributed by atoms with Crippen molar-refractivity contribution < 1.29 is 142 Å². The van der Waals surface area contributed by atoms with Gasteiger partial charge in [-0.25, -0.2) is 5.10 Å². The number of aliphatic carboxylic acids is 2. The van der Waals surface area contributed by atoms with E-state index in [1.807, 2.05) is 0 Å². The second kappa shape index (κ2) is 14.9. The fourth-order valence-electron chi connectivity index (χ4n) is 3.79. The van der Waals surface area contributed by atoms with Gasteiger partial charge in [0.2, 0.25) is 5.16 Å². The van der Waals surface area contributed by atoms with E-state index in [9.17, 15) is 44.6 Å². The maximum absolute atomic E-state index is 12.9. The van der Waals surface area contributed by atoms with Crippen LogP contribution in [0.15, 0.2) is 40.7 Å². The Labute approximate surface area is 312 Å². The Hall–Kier alpha value is -0.757. The van der Waals surface area contributed by atoms with Crippen LogP contribution in [-0.4, -0.2) is 81.7 Å². The molecule has 2 aliphatic heterocycles. The van der Waals surface area contributed by atoms with Crippen molar-refractivity contribution in [2.45, 2.75) is 34.3 Å². The van der Waals surface area contributed by atoms with Gasteiger partial charge in [0, 0.05) is 35.5 Å². The van der Waals surface area contributed by atoms with Gasteiger partial charge in [0.15, 0.2) is 6.10 Å². The fourth-order valence-corrected chi connectivity index (χ4v) is 6.33. The monoisotopic (exact) mass is 627 g/mol. The molecule has 2 aromatic rings. The van der Waals surface area contributed by atoms with E-state index in [4.69, 9.17) is 0 Å². The largest absolute Gasteiger partial charge is 1.00 e. The summed E-state index contributed by atoms with van der Waals surface area (Å²) in [4.78, 5) is 60.0. The van der Waals surface area contributed by atoms with Gasteiger partial charge in [-0.3, -0.25) is 24.6 Å². The molecule has 0 spiro atoms. The van der Waals surface area contributed by atoms with Gasteiger partial charge in [-0.05, 0) is 21.6 Å². The summed E-state index contributed by atoms with van der Waals surface area (Å²) in [5.41, 5.74) is -0.890. The number of nitrogens with one attached hydrogen (secondary N) is 2. The number of tetrazole rings is 1. The van der Waals surface area contributed by atoms with Gasteiger partial charge in [0.1, 0.15) is 11.4 Å². The minimum atomic E-state index is -1.83. The Bertz CT molecular complexity index is 1310. The SMILES string of the molecule is O=C([O-])CC(Sc1nnn[nH]1)C1=C(C(=O)[O-])N2C(=O)C(NC(=O)C(O)c3cccc([N+](=O)[O-])c3)[C@@H]2SC1.[K+].[K+]. The fraction of sp³-hybridized carbons (Fsp3) is 0.316. The van der Waals surface area contributed by atoms with E-state index in [0.717, 1.165) is 34.5 Å². The molecule has 3 N–H and O–H groups in total. The second-order valence-electron chi connectivity index (χ2n) is 7.70. The van der Waals surface area contributed by atoms with Crippen LogP contribution in [0, 0.1) is 10.1 Å². The zero-order valence-corrected chi connectivity index (χ0v) is 28.2. The number of aliphatic hydroxyl groups excluding tert-OH is 1. The number of thioether (sulfide) groups is 2. The average molecular weight is 628 g/mol. The van der Waals surface area contributed by atoms with Crippen LogP contribution in [0.25, 0.3) is 0 Å². The van der Waals surface area contributed by atoms with Crippen LogP contribution in [0.3, 0.4) is 0 Å². The van der Waals surface area contributed by atoms with Crippen molar-refractivity contribution in [2.24, 2.45) is 0 Å². The Kier molecular flexibility index (Phi) is 13.2. The van der Waals surface area contributed by atoms with E-state index >= 15 is 0 Å². The molecule has 0 aliphatic carbocycles. The number of hydrogen-bond acceptors (Lipinski definition) is 14. The third kappa shape index (κ3) is 7.75. The third-order valence-corrected chi connectivity index (χ3v) is 7.89. The molecule has 2 aliphatic rings. The molecule has 1 fully saturated rings. The van der Waals surface area contributed by atoms with Crippen molar-refractivity contribution >= 4 is 53.0 Å². The second-order valence-corrected chi connectivity index (χ2v) is 10.00. The van der Waals surface area contributed by atoms with Crippen LogP contribution < -0.4 is 118 Å². The number of nitro benzene ring substituents is 1. The van der Waals surface area contributed by atoms with Gasteiger partial charge in [0.05, 0.1) is 16.6 Å². The van der Waals surface area contributed by atoms with Crippen molar-refractivity contribution in [1.29, 1.82) is 0 Å². The summed E-state index contributed by atoms with van der Waals surface area (Å²) in [6, 6.07) is 3.55. The van der Waals surface area contributed by atoms with Crippen LogP contribution in [0.5, 0.6) is 0 Å². The number of carboxylic acids is 2. The Balaban J connectivity index is 0.00000267. The first-order chi connectivity index (χ1) is 17.6. The standard InChI is InChI=1S/C19H17N7O9S2.2K/c27-11(28)5-10(37-19-21-23-24-22-19)9-6-36-17-12(16(31)25(17)13(9)18(32)33)20-15(30)14(29)7-2-1-3-8(4-7)26(34)35;;/h1-4,10,12,14,17,29H,5-6H2,(H,20,30)(H,27,28)(H,32,33)(H,21,22,23,24);;/q;2*+1/p-2/t10?,12?,14?,17-;;/m0../s1. The van der Waals surface area contributed by atoms with Gasteiger partial charge < -0.3 is 30.2 Å². The minimum absolute atomic E-state index is 0. The normalized spacial score (nSPS) is 19.4. The van der Waals surface area contributed by atoms with Crippen molar-refractivity contribution in [1.82, 2.24) is 30.8 Å². The molecule has 0 saturated carbocycles. The third-order valence-electron chi connectivity index (χ3n) is 5.45. The molecule has 3 heterocycles. The van der Waals surface area contributed by atoms with E-state index in [1.54, 1.807) is 0 Å². The minimum Gasteiger partial charge on any atom is -0.550 e. The molecular weight excluding hydrogens is 613 g/mol. The molecule has 4 atom stereocenters.